The van der Waals surface area contributed by atoms with E-state index in [2.05, 4.69) is 4.90 Å². The van der Waals surface area contributed by atoms with Crippen molar-refractivity contribution in [1.29, 1.82) is 0 Å². The van der Waals surface area contributed by atoms with Crippen LogP contribution in [-0.2, 0) is 4.79 Å². The Morgan fingerprint density at radius 1 is 1.67 bits per heavy atom. The third kappa shape index (κ3) is 1.69. The predicted octanol–water partition coefficient (Wildman–Crippen LogP) is 0.526. The maximum Gasteiger partial charge on any atom is 0.326 e. The molecule has 0 amide bonds. The maximum absolute atomic E-state index is 10.6. The molecule has 1 heterocycles. The van der Waals surface area contributed by atoms with Gasteiger partial charge in [0, 0.05) is 18.9 Å². The summed E-state index contributed by atoms with van der Waals surface area (Å²) in [4.78, 5) is 14.4. The van der Waals surface area contributed by atoms with E-state index in [9.17, 15) is 4.79 Å². The fraction of sp³-hybridized carbons (Fsp3) is 0.625. The van der Waals surface area contributed by atoms with Crippen molar-refractivity contribution >= 4 is 5.97 Å². The zero-order valence-corrected chi connectivity index (χ0v) is 7.40. The minimum absolute atomic E-state index is 0.433. The Morgan fingerprint density at radius 3 is 2.75 bits per heavy atom. The van der Waals surface area contributed by atoms with Gasteiger partial charge in [0.15, 0.2) is 0 Å². The molecule has 1 N–H and O–H groups in total. The largest absolute Gasteiger partial charge is 0.480 e. The molecule has 0 spiro atoms. The van der Waals surface area contributed by atoms with Gasteiger partial charge in [0.05, 0.1) is 6.67 Å². The lowest BCUT2D eigenvalue weighted by atomic mass is 10.3. The molecule has 0 saturated carbocycles. The van der Waals surface area contributed by atoms with Crippen molar-refractivity contribution in [1.82, 2.24) is 9.80 Å². The monoisotopic (exact) mass is 170 g/mol. The molecule has 0 aromatic heterocycles. The van der Waals surface area contributed by atoms with Gasteiger partial charge in [-0.25, -0.2) is 4.79 Å². The third-order valence-electron chi connectivity index (χ3n) is 2.07. The van der Waals surface area contributed by atoms with Crippen LogP contribution in [0.5, 0.6) is 0 Å². The quantitative estimate of drug-likeness (QED) is 0.671. The van der Waals surface area contributed by atoms with Gasteiger partial charge in [-0.05, 0) is 13.8 Å². The second kappa shape index (κ2) is 3.47. The Morgan fingerprint density at radius 2 is 2.33 bits per heavy atom. The molecule has 0 bridgehead atoms. The fourth-order valence-electron chi connectivity index (χ4n) is 1.08. The molecule has 4 heteroatoms. The molecule has 4 nitrogen and oxygen atoms in total. The fourth-order valence-corrected chi connectivity index (χ4v) is 1.08. The number of carboxylic acid groups (broad SMARTS) is 1. The highest BCUT2D eigenvalue weighted by Gasteiger charge is 2.21. The van der Waals surface area contributed by atoms with Crippen molar-refractivity contribution in [2.45, 2.75) is 19.9 Å². The van der Waals surface area contributed by atoms with Gasteiger partial charge in [0.25, 0.3) is 0 Å². The van der Waals surface area contributed by atoms with Crippen LogP contribution in [-0.4, -0.2) is 40.1 Å². The number of carboxylic acids is 1. The van der Waals surface area contributed by atoms with Crippen LogP contribution >= 0.6 is 0 Å². The van der Waals surface area contributed by atoms with Crippen molar-refractivity contribution in [2.24, 2.45) is 0 Å². The highest BCUT2D eigenvalue weighted by molar-refractivity contribution is 5.73. The Labute approximate surface area is 72.1 Å². The number of hydrogen-bond donors (Lipinski definition) is 1. The molecule has 0 aromatic rings. The number of rotatable bonds is 3. The van der Waals surface area contributed by atoms with Gasteiger partial charge in [-0.15, -0.1) is 0 Å². The summed E-state index contributed by atoms with van der Waals surface area (Å²) in [5, 5.41) is 8.71. The van der Waals surface area contributed by atoms with Crippen molar-refractivity contribution in [2.75, 3.05) is 13.2 Å². The molecule has 12 heavy (non-hydrogen) atoms. The first-order valence-electron chi connectivity index (χ1n) is 4.06. The van der Waals surface area contributed by atoms with Crippen molar-refractivity contribution in [3.05, 3.63) is 12.4 Å². The van der Waals surface area contributed by atoms with Crippen molar-refractivity contribution in [3.63, 3.8) is 0 Å². The summed E-state index contributed by atoms with van der Waals surface area (Å²) >= 11 is 0. The zero-order chi connectivity index (χ0) is 9.14. The van der Waals surface area contributed by atoms with E-state index >= 15 is 0 Å². The minimum atomic E-state index is -0.780. The third-order valence-corrected chi connectivity index (χ3v) is 2.07. The van der Waals surface area contributed by atoms with Crippen molar-refractivity contribution < 1.29 is 9.90 Å². The first kappa shape index (κ1) is 8.90. The summed E-state index contributed by atoms with van der Waals surface area (Å²) in [5.74, 6) is -0.780. The number of carbonyl (C=O) groups is 1. The molecule has 0 unspecified atom stereocenters. The van der Waals surface area contributed by atoms with Gasteiger partial charge in [-0.2, -0.15) is 0 Å². The number of nitrogens with zero attached hydrogens (tertiary/aromatic N) is 2. The molecular weight excluding hydrogens is 156 g/mol. The van der Waals surface area contributed by atoms with Gasteiger partial charge >= 0.3 is 5.97 Å². The van der Waals surface area contributed by atoms with Gasteiger partial charge in [0.1, 0.15) is 6.04 Å². The molecular formula is C8H14N2O2. The zero-order valence-electron chi connectivity index (χ0n) is 7.40. The second-order valence-electron chi connectivity index (χ2n) is 2.87. The molecule has 1 aliphatic heterocycles. The predicted molar refractivity (Wildman–Crippen MR) is 45.3 cm³/mol. The van der Waals surface area contributed by atoms with Crippen LogP contribution in [0.25, 0.3) is 0 Å². The average molecular weight is 170 g/mol. The van der Waals surface area contributed by atoms with Gasteiger partial charge in [0.2, 0.25) is 0 Å². The highest BCUT2D eigenvalue weighted by Crippen LogP contribution is 2.09. The van der Waals surface area contributed by atoms with Crippen LogP contribution < -0.4 is 0 Å². The molecule has 1 rings (SSSR count). The normalized spacial score (nSPS) is 18.5. The van der Waals surface area contributed by atoms with Crippen LogP contribution in [0.3, 0.4) is 0 Å². The lowest BCUT2D eigenvalue weighted by molar-refractivity contribution is -0.141. The summed E-state index contributed by atoms with van der Waals surface area (Å²) in [6.45, 7) is 5.33. The van der Waals surface area contributed by atoms with Gasteiger partial charge in [-0.1, -0.05) is 0 Å². The van der Waals surface area contributed by atoms with Gasteiger partial charge < -0.3 is 14.9 Å². The first-order valence-corrected chi connectivity index (χ1v) is 4.06. The van der Waals surface area contributed by atoms with E-state index in [0.717, 1.165) is 6.54 Å². The SMILES string of the molecule is CCN1C=CN([C@@H](C)C(=O)O)C1. The lowest BCUT2D eigenvalue weighted by Crippen LogP contribution is -2.37. The standard InChI is InChI=1S/C8H14N2O2/c1-3-9-4-5-10(6-9)7(2)8(11)12/h4-5,7H,3,6H2,1-2H3,(H,11,12)/t7-/m0/s1. The Balaban J connectivity index is 2.48. The molecule has 68 valence electrons. The van der Waals surface area contributed by atoms with Crippen LogP contribution in [0.15, 0.2) is 12.4 Å². The molecule has 1 aliphatic rings. The summed E-state index contributed by atoms with van der Waals surface area (Å²) < 4.78 is 0. The van der Waals surface area contributed by atoms with E-state index in [0.29, 0.717) is 6.67 Å². The topological polar surface area (TPSA) is 43.8 Å². The van der Waals surface area contributed by atoms with E-state index in [1.165, 1.54) is 0 Å². The number of hydrogen-bond acceptors (Lipinski definition) is 3. The molecule has 0 saturated heterocycles. The molecule has 0 fully saturated rings. The van der Waals surface area contributed by atoms with Crippen LogP contribution in [0.4, 0.5) is 0 Å². The van der Waals surface area contributed by atoms with E-state index in [4.69, 9.17) is 5.11 Å². The average Bonchev–Trinajstić information content (AvgIpc) is 2.50. The first-order chi connectivity index (χ1) is 5.65. The summed E-state index contributed by atoms with van der Waals surface area (Å²) in [6, 6.07) is -0.433. The molecule has 0 aromatic carbocycles. The molecule has 1 atom stereocenters. The van der Waals surface area contributed by atoms with Crippen LogP contribution in [0.2, 0.25) is 0 Å². The summed E-state index contributed by atoms with van der Waals surface area (Å²) in [5.41, 5.74) is 0. The molecule has 0 radical (unpaired) electrons. The minimum Gasteiger partial charge on any atom is -0.480 e. The van der Waals surface area contributed by atoms with Gasteiger partial charge in [-0.3, -0.25) is 0 Å². The highest BCUT2D eigenvalue weighted by atomic mass is 16.4. The van der Waals surface area contributed by atoms with Crippen molar-refractivity contribution in [3.8, 4) is 0 Å². The smallest absolute Gasteiger partial charge is 0.326 e. The Kier molecular flexibility index (Phi) is 2.58. The molecule has 0 aliphatic carbocycles. The number of aliphatic carboxylic acids is 1. The van der Waals surface area contributed by atoms with E-state index in [-0.39, 0.29) is 0 Å². The van der Waals surface area contributed by atoms with Crippen LogP contribution in [0, 0.1) is 0 Å². The summed E-state index contributed by atoms with van der Waals surface area (Å²) in [6.07, 6.45) is 3.74. The van der Waals surface area contributed by atoms with E-state index < -0.39 is 12.0 Å². The second-order valence-corrected chi connectivity index (χ2v) is 2.87. The lowest BCUT2D eigenvalue weighted by Gasteiger charge is -2.23. The van der Waals surface area contributed by atoms with E-state index in [1.54, 1.807) is 11.8 Å². The van der Waals surface area contributed by atoms with E-state index in [1.807, 2.05) is 19.3 Å². The maximum atomic E-state index is 10.6. The summed E-state index contributed by atoms with van der Waals surface area (Å²) in [7, 11) is 0. The Hall–Kier alpha value is -1.19. The Bertz CT molecular complexity index is 203. The van der Waals surface area contributed by atoms with Crippen LogP contribution in [0.1, 0.15) is 13.8 Å².